The molecular formula is C12H21N5O. The van der Waals surface area contributed by atoms with Gasteiger partial charge in [-0.15, -0.1) is 0 Å². The average Bonchev–Trinajstić information content (AvgIpc) is 2.72. The Hall–Kier alpha value is -1.40. The molecule has 1 aliphatic heterocycles. The minimum absolute atomic E-state index is 0.0318. The number of aromatic nitrogens is 2. The summed E-state index contributed by atoms with van der Waals surface area (Å²) >= 11 is 0. The van der Waals surface area contributed by atoms with Gasteiger partial charge in [-0.2, -0.15) is 5.10 Å². The van der Waals surface area contributed by atoms with Crippen molar-refractivity contribution in [1.82, 2.24) is 15.1 Å². The van der Waals surface area contributed by atoms with Gasteiger partial charge >= 0.3 is 0 Å². The lowest BCUT2D eigenvalue weighted by Gasteiger charge is -2.28. The highest BCUT2D eigenvalue weighted by Crippen LogP contribution is 2.17. The molecule has 100 valence electrons. The number of anilines is 1. The Kier molecular flexibility index (Phi) is 4.33. The van der Waals surface area contributed by atoms with E-state index in [0.717, 1.165) is 25.3 Å². The molecule has 1 aromatic rings. The molecule has 1 fully saturated rings. The third kappa shape index (κ3) is 3.08. The molecule has 1 saturated heterocycles. The second-order valence-electron chi connectivity index (χ2n) is 4.90. The quantitative estimate of drug-likeness (QED) is 0.680. The molecule has 1 aliphatic rings. The van der Waals surface area contributed by atoms with Crippen molar-refractivity contribution in [2.45, 2.75) is 25.8 Å². The molecule has 1 atom stereocenters. The molecule has 6 heteroatoms. The fraction of sp³-hybridized carbons (Fsp3) is 0.667. The first-order valence-corrected chi connectivity index (χ1v) is 6.45. The largest absolute Gasteiger partial charge is 0.330 e. The topological polar surface area (TPSA) is 85.0 Å². The van der Waals surface area contributed by atoms with Crippen molar-refractivity contribution in [2.24, 2.45) is 11.7 Å². The van der Waals surface area contributed by atoms with Crippen molar-refractivity contribution in [3.05, 3.63) is 12.3 Å². The highest BCUT2D eigenvalue weighted by Gasteiger charge is 2.22. The first-order valence-electron chi connectivity index (χ1n) is 6.45. The zero-order valence-corrected chi connectivity index (χ0v) is 10.7. The van der Waals surface area contributed by atoms with Crippen LogP contribution in [0.1, 0.15) is 25.8 Å². The van der Waals surface area contributed by atoms with Crippen molar-refractivity contribution >= 4 is 11.7 Å². The van der Waals surface area contributed by atoms with Crippen LogP contribution in [0, 0.1) is 5.92 Å². The van der Waals surface area contributed by atoms with Crippen LogP contribution in [-0.2, 0) is 4.79 Å². The van der Waals surface area contributed by atoms with Gasteiger partial charge in [0.2, 0.25) is 5.91 Å². The molecule has 1 unspecified atom stereocenters. The molecule has 4 N–H and O–H groups in total. The summed E-state index contributed by atoms with van der Waals surface area (Å²) < 4.78 is 1.88. The van der Waals surface area contributed by atoms with Gasteiger partial charge < -0.3 is 16.4 Å². The van der Waals surface area contributed by atoms with Crippen LogP contribution in [-0.4, -0.2) is 35.3 Å². The summed E-state index contributed by atoms with van der Waals surface area (Å²) in [6.07, 6.45) is 3.05. The summed E-state index contributed by atoms with van der Waals surface area (Å²) in [5.74, 6) is 1.20. The minimum atomic E-state index is 0.0318. The number of amides is 1. The molecule has 1 amide bonds. The number of carbonyl (C=O) groups is 1. The van der Waals surface area contributed by atoms with E-state index in [-0.39, 0.29) is 5.91 Å². The Morgan fingerprint density at radius 1 is 1.72 bits per heavy atom. The molecule has 0 saturated carbocycles. The smallest absolute Gasteiger partial charge is 0.225 e. The van der Waals surface area contributed by atoms with Crippen LogP contribution in [0.15, 0.2) is 12.3 Å². The van der Waals surface area contributed by atoms with Crippen molar-refractivity contribution in [3.8, 4) is 0 Å². The van der Waals surface area contributed by atoms with Crippen LogP contribution in [0.3, 0.4) is 0 Å². The third-order valence-corrected chi connectivity index (χ3v) is 3.31. The van der Waals surface area contributed by atoms with E-state index < -0.39 is 0 Å². The van der Waals surface area contributed by atoms with Gasteiger partial charge in [0.15, 0.2) is 0 Å². The Morgan fingerprint density at radius 2 is 2.50 bits per heavy atom. The molecule has 1 aromatic heterocycles. The summed E-state index contributed by atoms with van der Waals surface area (Å²) in [6, 6.07) is 2.20. The van der Waals surface area contributed by atoms with Gasteiger partial charge in [-0.05, 0) is 18.9 Å². The second-order valence-corrected chi connectivity index (χ2v) is 4.90. The van der Waals surface area contributed by atoms with E-state index in [4.69, 9.17) is 5.73 Å². The van der Waals surface area contributed by atoms with E-state index in [1.165, 1.54) is 0 Å². The number of nitrogens with two attached hydrogens (primary N) is 1. The molecule has 18 heavy (non-hydrogen) atoms. The summed E-state index contributed by atoms with van der Waals surface area (Å²) in [5, 5.41) is 10.3. The lowest BCUT2D eigenvalue weighted by molar-refractivity contribution is -0.116. The van der Waals surface area contributed by atoms with Gasteiger partial charge in [-0.25, -0.2) is 4.68 Å². The van der Waals surface area contributed by atoms with E-state index in [0.29, 0.717) is 24.9 Å². The van der Waals surface area contributed by atoms with Crippen molar-refractivity contribution in [3.63, 3.8) is 0 Å². The Morgan fingerprint density at radius 3 is 3.11 bits per heavy atom. The van der Waals surface area contributed by atoms with Gasteiger partial charge in [0.1, 0.15) is 5.82 Å². The first-order chi connectivity index (χ1) is 8.70. The monoisotopic (exact) mass is 251 g/mol. The number of hydrogen-bond acceptors (Lipinski definition) is 4. The molecule has 2 heterocycles. The van der Waals surface area contributed by atoms with Crippen LogP contribution in [0.2, 0.25) is 0 Å². The van der Waals surface area contributed by atoms with Gasteiger partial charge in [-0.3, -0.25) is 4.79 Å². The second kappa shape index (κ2) is 5.97. The summed E-state index contributed by atoms with van der Waals surface area (Å²) in [4.78, 5) is 11.8. The Balaban J connectivity index is 1.85. The highest BCUT2D eigenvalue weighted by atomic mass is 16.1. The maximum Gasteiger partial charge on any atom is 0.225 e. The fourth-order valence-electron chi connectivity index (χ4n) is 1.85. The molecule has 6 nitrogen and oxygen atoms in total. The van der Waals surface area contributed by atoms with Crippen molar-refractivity contribution in [2.75, 3.05) is 25.0 Å². The Bertz CT molecular complexity index is 399. The molecule has 0 bridgehead atoms. The van der Waals surface area contributed by atoms with Crippen LogP contribution in [0.4, 0.5) is 5.82 Å². The van der Waals surface area contributed by atoms with Crippen molar-refractivity contribution in [1.29, 1.82) is 0 Å². The minimum Gasteiger partial charge on any atom is -0.330 e. The zero-order valence-electron chi connectivity index (χ0n) is 10.7. The van der Waals surface area contributed by atoms with E-state index >= 15 is 0 Å². The molecular weight excluding hydrogens is 230 g/mol. The summed E-state index contributed by atoms with van der Waals surface area (Å²) in [7, 11) is 0. The number of nitrogens with zero attached hydrogens (tertiary/aromatic N) is 2. The van der Waals surface area contributed by atoms with Crippen LogP contribution < -0.4 is 16.4 Å². The Labute approximate surface area is 107 Å². The average molecular weight is 251 g/mol. The van der Waals surface area contributed by atoms with Gasteiger partial charge in [0.05, 0.1) is 12.2 Å². The standard InChI is InChI=1S/C12H21N5O/c1-9(6-13)2-3-12(18)16-11-4-5-15-17(11)10-7-14-8-10/h4-5,9-10,14H,2-3,6-8,13H2,1H3,(H,16,18). The molecule has 0 aromatic carbocycles. The normalized spacial score (nSPS) is 17.2. The molecule has 0 radical (unpaired) electrons. The SMILES string of the molecule is CC(CN)CCC(=O)Nc1ccnn1C1CNC1. The number of hydrogen-bond donors (Lipinski definition) is 3. The van der Waals surface area contributed by atoms with Crippen molar-refractivity contribution < 1.29 is 4.79 Å². The predicted molar refractivity (Wildman–Crippen MR) is 70.2 cm³/mol. The summed E-state index contributed by atoms with van der Waals surface area (Å²) in [6.45, 7) is 4.50. The third-order valence-electron chi connectivity index (χ3n) is 3.31. The van der Waals surface area contributed by atoms with Crippen LogP contribution in [0.5, 0.6) is 0 Å². The number of nitrogens with one attached hydrogen (secondary N) is 2. The maximum absolute atomic E-state index is 11.8. The number of rotatable bonds is 6. The first kappa shape index (κ1) is 13.0. The molecule has 2 rings (SSSR count). The predicted octanol–water partition coefficient (Wildman–Crippen LogP) is 0.341. The van der Waals surface area contributed by atoms with Crippen LogP contribution >= 0.6 is 0 Å². The van der Waals surface area contributed by atoms with E-state index in [9.17, 15) is 4.79 Å². The van der Waals surface area contributed by atoms with E-state index in [2.05, 4.69) is 22.7 Å². The van der Waals surface area contributed by atoms with E-state index in [1.54, 1.807) is 6.20 Å². The van der Waals surface area contributed by atoms with E-state index in [1.807, 2.05) is 10.7 Å². The lowest BCUT2D eigenvalue weighted by atomic mass is 10.1. The number of carbonyl (C=O) groups excluding carboxylic acids is 1. The molecule has 0 aliphatic carbocycles. The molecule has 0 spiro atoms. The fourth-order valence-corrected chi connectivity index (χ4v) is 1.85. The van der Waals surface area contributed by atoms with Gasteiger partial charge in [0, 0.05) is 25.6 Å². The van der Waals surface area contributed by atoms with Gasteiger partial charge in [-0.1, -0.05) is 6.92 Å². The maximum atomic E-state index is 11.8. The highest BCUT2D eigenvalue weighted by molar-refractivity contribution is 5.89. The lowest BCUT2D eigenvalue weighted by Crippen LogP contribution is -2.44. The summed E-state index contributed by atoms with van der Waals surface area (Å²) in [5.41, 5.74) is 5.53. The van der Waals surface area contributed by atoms with Gasteiger partial charge in [0.25, 0.3) is 0 Å². The zero-order chi connectivity index (χ0) is 13.0. The van der Waals surface area contributed by atoms with Crippen LogP contribution in [0.25, 0.3) is 0 Å².